The molecule has 0 bridgehead atoms. The van der Waals surface area contributed by atoms with Crippen LogP contribution in [0.15, 0.2) is 48.5 Å². The molecule has 3 N–H and O–H groups in total. The van der Waals surface area contributed by atoms with Gasteiger partial charge in [0.2, 0.25) is 11.8 Å². The Morgan fingerprint density at radius 3 is 2.76 bits per heavy atom. The fraction of sp³-hybridized carbons (Fsp3) is 0.300. The van der Waals surface area contributed by atoms with Crippen molar-refractivity contribution in [1.82, 2.24) is 5.32 Å². The van der Waals surface area contributed by atoms with E-state index in [1.54, 1.807) is 11.9 Å². The molecule has 0 aromatic heterocycles. The van der Waals surface area contributed by atoms with Gasteiger partial charge < -0.3 is 16.0 Å². The molecule has 0 aliphatic carbocycles. The van der Waals surface area contributed by atoms with Crippen molar-refractivity contribution in [2.45, 2.75) is 31.8 Å². The predicted octanol–water partition coefficient (Wildman–Crippen LogP) is 1.78. The molecule has 1 aliphatic rings. The van der Waals surface area contributed by atoms with Gasteiger partial charge in [-0.3, -0.25) is 9.59 Å². The number of aryl methyl sites for hydroxylation is 1. The number of nitrogens with one attached hydrogen (secondary N) is 1. The molecule has 0 saturated heterocycles. The van der Waals surface area contributed by atoms with Gasteiger partial charge in [0.15, 0.2) is 0 Å². The van der Waals surface area contributed by atoms with Gasteiger partial charge in [0, 0.05) is 19.3 Å². The van der Waals surface area contributed by atoms with Gasteiger partial charge in [-0.25, -0.2) is 0 Å². The minimum absolute atomic E-state index is 0.0750. The molecule has 0 unspecified atom stereocenters. The Hall–Kier alpha value is -2.66. The molecule has 0 spiro atoms. The first kappa shape index (κ1) is 17.2. The van der Waals surface area contributed by atoms with Crippen LogP contribution in [-0.2, 0) is 29.0 Å². The van der Waals surface area contributed by atoms with Gasteiger partial charge in [0.05, 0.1) is 6.42 Å². The largest absolute Gasteiger partial charge is 0.344 e. The smallest absolute Gasteiger partial charge is 0.249 e. The lowest BCUT2D eigenvalue weighted by molar-refractivity contribution is -0.127. The monoisotopic (exact) mass is 337 g/mol. The standard InChI is InChI=1S/C20H23N3O2/c1-23-18-8-3-2-7-16(18)9-10-17(20(23)25)22-19(24)12-14-5-4-6-15(11-14)13-21/h2-8,11,17H,9-10,12-13,21H2,1H3,(H,22,24)/t17-/m0/s1. The highest BCUT2D eigenvalue weighted by molar-refractivity contribution is 6.00. The van der Waals surface area contributed by atoms with E-state index in [1.165, 1.54) is 0 Å². The second kappa shape index (κ2) is 7.49. The van der Waals surface area contributed by atoms with Crippen LogP contribution < -0.4 is 16.0 Å². The first-order valence-electron chi connectivity index (χ1n) is 8.51. The molecule has 0 fully saturated rings. The second-order valence-corrected chi connectivity index (χ2v) is 6.39. The Morgan fingerprint density at radius 1 is 1.20 bits per heavy atom. The van der Waals surface area contributed by atoms with Crippen LogP contribution in [0.3, 0.4) is 0 Å². The van der Waals surface area contributed by atoms with Crippen molar-refractivity contribution in [3.63, 3.8) is 0 Å². The summed E-state index contributed by atoms with van der Waals surface area (Å²) in [6.07, 6.45) is 1.61. The van der Waals surface area contributed by atoms with Crippen LogP contribution >= 0.6 is 0 Å². The Kier molecular flexibility index (Phi) is 5.14. The summed E-state index contributed by atoms with van der Waals surface area (Å²) in [5, 5.41) is 2.90. The Labute approximate surface area is 147 Å². The van der Waals surface area contributed by atoms with Crippen LogP contribution in [-0.4, -0.2) is 24.9 Å². The molecule has 1 atom stereocenters. The van der Waals surface area contributed by atoms with Gasteiger partial charge in [0.25, 0.3) is 0 Å². The van der Waals surface area contributed by atoms with Crippen LogP contribution in [0.2, 0.25) is 0 Å². The SMILES string of the molecule is CN1C(=O)[C@@H](NC(=O)Cc2cccc(CN)c2)CCc2ccccc21. The van der Waals surface area contributed by atoms with Crippen LogP contribution in [0.5, 0.6) is 0 Å². The third-order valence-corrected chi connectivity index (χ3v) is 4.61. The van der Waals surface area contributed by atoms with E-state index in [4.69, 9.17) is 5.73 Å². The summed E-state index contributed by atoms with van der Waals surface area (Å²) in [5.41, 5.74) is 9.58. The number of carbonyl (C=O) groups excluding carboxylic acids is 2. The average molecular weight is 337 g/mol. The molecule has 5 nitrogen and oxygen atoms in total. The molecule has 3 rings (SSSR count). The van der Waals surface area contributed by atoms with E-state index in [0.717, 1.165) is 28.8 Å². The van der Waals surface area contributed by atoms with E-state index in [2.05, 4.69) is 5.32 Å². The Balaban J connectivity index is 1.68. The number of fused-ring (bicyclic) bond motifs is 1. The van der Waals surface area contributed by atoms with E-state index >= 15 is 0 Å². The number of carbonyl (C=O) groups is 2. The first-order valence-corrected chi connectivity index (χ1v) is 8.51. The maximum atomic E-state index is 12.7. The quantitative estimate of drug-likeness (QED) is 0.893. The van der Waals surface area contributed by atoms with Gasteiger partial charge in [-0.15, -0.1) is 0 Å². The van der Waals surface area contributed by atoms with Crippen molar-refractivity contribution in [3.05, 3.63) is 65.2 Å². The lowest BCUT2D eigenvalue weighted by Crippen LogP contribution is -2.47. The summed E-state index contributed by atoms with van der Waals surface area (Å²) < 4.78 is 0. The number of rotatable bonds is 4. The van der Waals surface area contributed by atoms with Gasteiger partial charge in [-0.2, -0.15) is 0 Å². The van der Waals surface area contributed by atoms with Crippen molar-refractivity contribution in [2.24, 2.45) is 5.73 Å². The highest BCUT2D eigenvalue weighted by Gasteiger charge is 2.28. The van der Waals surface area contributed by atoms with Crippen LogP contribution in [0, 0.1) is 0 Å². The zero-order chi connectivity index (χ0) is 17.8. The second-order valence-electron chi connectivity index (χ2n) is 6.39. The number of nitrogens with zero attached hydrogens (tertiary/aromatic N) is 1. The number of anilines is 1. The summed E-state index contributed by atoms with van der Waals surface area (Å²) in [4.78, 5) is 26.7. The van der Waals surface area contributed by atoms with Gasteiger partial charge in [0.1, 0.15) is 6.04 Å². The first-order chi connectivity index (χ1) is 12.1. The lowest BCUT2D eigenvalue weighted by Gasteiger charge is -2.22. The number of hydrogen-bond donors (Lipinski definition) is 2. The molecule has 25 heavy (non-hydrogen) atoms. The van der Waals surface area contributed by atoms with Crippen molar-refractivity contribution in [3.8, 4) is 0 Å². The summed E-state index contributed by atoms with van der Waals surface area (Å²) in [5.74, 6) is -0.221. The maximum Gasteiger partial charge on any atom is 0.249 e. The molecule has 130 valence electrons. The topological polar surface area (TPSA) is 75.4 Å². The molecular weight excluding hydrogens is 314 g/mol. The molecule has 0 saturated carbocycles. The minimum atomic E-state index is -0.498. The normalized spacial score (nSPS) is 17.0. The molecular formula is C20H23N3O2. The van der Waals surface area contributed by atoms with Crippen LogP contribution in [0.1, 0.15) is 23.1 Å². The van der Waals surface area contributed by atoms with Crippen LogP contribution in [0.25, 0.3) is 0 Å². The Morgan fingerprint density at radius 2 is 1.96 bits per heavy atom. The zero-order valence-electron chi connectivity index (χ0n) is 14.4. The summed E-state index contributed by atoms with van der Waals surface area (Å²) in [6.45, 7) is 0.444. The minimum Gasteiger partial charge on any atom is -0.344 e. The average Bonchev–Trinajstić information content (AvgIpc) is 2.74. The van der Waals surface area contributed by atoms with E-state index in [1.807, 2.05) is 48.5 Å². The lowest BCUT2D eigenvalue weighted by atomic mass is 10.0. The van der Waals surface area contributed by atoms with Gasteiger partial charge in [-0.1, -0.05) is 42.5 Å². The molecule has 1 aliphatic heterocycles. The van der Waals surface area contributed by atoms with Crippen molar-refractivity contribution < 1.29 is 9.59 Å². The highest BCUT2D eigenvalue weighted by Crippen LogP contribution is 2.25. The zero-order valence-corrected chi connectivity index (χ0v) is 14.4. The van der Waals surface area contributed by atoms with E-state index in [0.29, 0.717) is 13.0 Å². The van der Waals surface area contributed by atoms with Crippen molar-refractivity contribution >= 4 is 17.5 Å². The third kappa shape index (κ3) is 3.88. The number of likely N-dealkylation sites (N-methyl/N-ethyl adjacent to an activating group) is 1. The predicted molar refractivity (Wildman–Crippen MR) is 98.1 cm³/mol. The van der Waals surface area contributed by atoms with E-state index < -0.39 is 6.04 Å². The molecule has 1 heterocycles. The fourth-order valence-corrected chi connectivity index (χ4v) is 3.26. The fourth-order valence-electron chi connectivity index (χ4n) is 3.26. The number of hydrogen-bond acceptors (Lipinski definition) is 3. The molecule has 2 amide bonds. The number of amides is 2. The van der Waals surface area contributed by atoms with Crippen LogP contribution in [0.4, 0.5) is 5.69 Å². The van der Waals surface area contributed by atoms with Gasteiger partial charge in [-0.05, 0) is 35.6 Å². The number of para-hydroxylation sites is 1. The molecule has 5 heteroatoms. The summed E-state index contributed by atoms with van der Waals surface area (Å²) >= 11 is 0. The number of benzene rings is 2. The van der Waals surface area contributed by atoms with E-state index in [-0.39, 0.29) is 18.2 Å². The molecule has 0 radical (unpaired) electrons. The van der Waals surface area contributed by atoms with E-state index in [9.17, 15) is 9.59 Å². The van der Waals surface area contributed by atoms with Crippen molar-refractivity contribution in [1.29, 1.82) is 0 Å². The van der Waals surface area contributed by atoms with Crippen molar-refractivity contribution in [2.75, 3.05) is 11.9 Å². The maximum absolute atomic E-state index is 12.7. The summed E-state index contributed by atoms with van der Waals surface area (Å²) in [7, 11) is 1.76. The summed E-state index contributed by atoms with van der Waals surface area (Å²) in [6, 6.07) is 15.0. The highest BCUT2D eigenvalue weighted by atomic mass is 16.2. The Bertz CT molecular complexity index is 788. The molecule has 2 aromatic rings. The molecule has 2 aromatic carbocycles. The third-order valence-electron chi connectivity index (χ3n) is 4.61. The number of nitrogens with two attached hydrogens (primary N) is 1. The van der Waals surface area contributed by atoms with Gasteiger partial charge >= 0.3 is 0 Å².